The van der Waals surface area contributed by atoms with Crippen LogP contribution in [0, 0.1) is 5.82 Å². The first kappa shape index (κ1) is 17.3. The molecule has 0 aromatic heterocycles. The monoisotopic (exact) mass is 315 g/mol. The predicted molar refractivity (Wildman–Crippen MR) is 77.8 cm³/mol. The number of halogens is 1. The Hall–Kier alpha value is -1.73. The summed E-state index contributed by atoms with van der Waals surface area (Å²) in [7, 11) is -3.93. The molecule has 0 amide bonds. The zero-order chi connectivity index (χ0) is 16.0. The van der Waals surface area contributed by atoms with Crippen molar-refractivity contribution < 1.29 is 22.7 Å². The predicted octanol–water partition coefficient (Wildman–Crippen LogP) is 2.39. The molecule has 0 fully saturated rings. The molecule has 0 spiro atoms. The average Bonchev–Trinajstić information content (AvgIpc) is 2.42. The van der Waals surface area contributed by atoms with Crippen molar-refractivity contribution in [2.75, 3.05) is 0 Å². The van der Waals surface area contributed by atoms with Gasteiger partial charge in [-0.25, -0.2) is 22.3 Å². The van der Waals surface area contributed by atoms with Crippen molar-refractivity contribution in [2.24, 2.45) is 0 Å². The van der Waals surface area contributed by atoms with Crippen LogP contribution in [0.3, 0.4) is 0 Å². The first-order chi connectivity index (χ1) is 9.80. The molecule has 0 heterocycles. The lowest BCUT2D eigenvalue weighted by Crippen LogP contribution is -2.34. The Bertz CT molecular complexity index is 636. The largest absolute Gasteiger partial charge is 0.478 e. The highest BCUT2D eigenvalue weighted by molar-refractivity contribution is 7.89. The van der Waals surface area contributed by atoms with E-state index < -0.39 is 26.7 Å². The van der Waals surface area contributed by atoms with E-state index in [0.717, 1.165) is 18.2 Å². The van der Waals surface area contributed by atoms with Gasteiger partial charge in [0.1, 0.15) is 10.7 Å². The third-order valence-electron chi connectivity index (χ3n) is 2.97. The van der Waals surface area contributed by atoms with E-state index in [4.69, 9.17) is 5.11 Å². The summed E-state index contributed by atoms with van der Waals surface area (Å²) in [6, 6.07) is 3.22. The fourth-order valence-electron chi connectivity index (χ4n) is 1.74. The fraction of sp³-hybridized carbons (Fsp3) is 0.357. The molecular formula is C14H18FNO4S. The standard InChI is InChI=1S/C14H18FNO4S/c1-3-11(4-2)16-21(19,20)13-7-5-10(9-12(13)15)6-8-14(17)18/h5-9,11,16H,3-4H2,1-2H3,(H,17,18)/b8-6+. The van der Waals surface area contributed by atoms with Gasteiger partial charge < -0.3 is 5.11 Å². The van der Waals surface area contributed by atoms with Crippen LogP contribution < -0.4 is 4.72 Å². The van der Waals surface area contributed by atoms with Crippen molar-refractivity contribution in [3.05, 3.63) is 35.7 Å². The first-order valence-corrected chi connectivity index (χ1v) is 8.01. The maximum absolute atomic E-state index is 13.9. The molecule has 0 radical (unpaired) electrons. The van der Waals surface area contributed by atoms with E-state index in [0.29, 0.717) is 12.8 Å². The second kappa shape index (κ2) is 7.33. The van der Waals surface area contributed by atoms with Gasteiger partial charge in [-0.3, -0.25) is 0 Å². The molecule has 0 bridgehead atoms. The van der Waals surface area contributed by atoms with E-state index in [1.807, 2.05) is 13.8 Å². The molecule has 1 rings (SSSR count). The molecule has 0 aliphatic heterocycles. The number of rotatable bonds is 7. The van der Waals surface area contributed by atoms with Crippen LogP contribution in [0.4, 0.5) is 4.39 Å². The van der Waals surface area contributed by atoms with Crippen molar-refractivity contribution >= 4 is 22.1 Å². The lowest BCUT2D eigenvalue weighted by Gasteiger charge is -2.15. The quantitative estimate of drug-likeness (QED) is 0.757. The van der Waals surface area contributed by atoms with Gasteiger partial charge in [-0.2, -0.15) is 0 Å². The van der Waals surface area contributed by atoms with Crippen LogP contribution in [0.25, 0.3) is 6.08 Å². The number of sulfonamides is 1. The third kappa shape index (κ3) is 4.95. The Morgan fingerprint density at radius 3 is 2.48 bits per heavy atom. The van der Waals surface area contributed by atoms with Gasteiger partial charge in [0.25, 0.3) is 0 Å². The molecule has 116 valence electrons. The second-order valence-electron chi connectivity index (χ2n) is 4.50. The van der Waals surface area contributed by atoms with Gasteiger partial charge in [0.2, 0.25) is 10.0 Å². The Labute approximate surface area is 123 Å². The number of benzene rings is 1. The summed E-state index contributed by atoms with van der Waals surface area (Å²) in [6.45, 7) is 3.68. The molecule has 2 N–H and O–H groups in total. The normalized spacial score (nSPS) is 12.2. The van der Waals surface area contributed by atoms with Crippen LogP contribution >= 0.6 is 0 Å². The Balaban J connectivity index is 3.06. The van der Waals surface area contributed by atoms with E-state index in [-0.39, 0.29) is 11.6 Å². The highest BCUT2D eigenvalue weighted by Gasteiger charge is 2.21. The summed E-state index contributed by atoms with van der Waals surface area (Å²) in [5.41, 5.74) is 0.274. The molecule has 0 atom stereocenters. The number of carbonyl (C=O) groups is 1. The second-order valence-corrected chi connectivity index (χ2v) is 6.18. The van der Waals surface area contributed by atoms with Crippen molar-refractivity contribution in [1.29, 1.82) is 0 Å². The SMILES string of the molecule is CCC(CC)NS(=O)(=O)c1ccc(/C=C/C(=O)O)cc1F. The Morgan fingerprint density at radius 1 is 1.38 bits per heavy atom. The van der Waals surface area contributed by atoms with Crippen LogP contribution in [0.5, 0.6) is 0 Å². The fourth-order valence-corrected chi connectivity index (χ4v) is 3.21. The average molecular weight is 315 g/mol. The molecule has 21 heavy (non-hydrogen) atoms. The van der Waals surface area contributed by atoms with E-state index >= 15 is 0 Å². The van der Waals surface area contributed by atoms with Crippen molar-refractivity contribution in [1.82, 2.24) is 4.72 Å². The van der Waals surface area contributed by atoms with Crippen LogP contribution in [-0.2, 0) is 14.8 Å². The molecule has 0 aliphatic carbocycles. The van der Waals surface area contributed by atoms with Crippen molar-refractivity contribution in [3.8, 4) is 0 Å². The highest BCUT2D eigenvalue weighted by Crippen LogP contribution is 2.18. The molecule has 1 aromatic rings. The number of nitrogens with one attached hydrogen (secondary N) is 1. The zero-order valence-corrected chi connectivity index (χ0v) is 12.7. The molecule has 7 heteroatoms. The van der Waals surface area contributed by atoms with Crippen LogP contribution in [0.1, 0.15) is 32.3 Å². The molecule has 5 nitrogen and oxygen atoms in total. The van der Waals surface area contributed by atoms with Crippen LogP contribution in [0.2, 0.25) is 0 Å². The lowest BCUT2D eigenvalue weighted by molar-refractivity contribution is -0.131. The summed E-state index contributed by atoms with van der Waals surface area (Å²) in [4.78, 5) is 9.94. The molecule has 0 saturated heterocycles. The van der Waals surface area contributed by atoms with Crippen LogP contribution in [-0.4, -0.2) is 25.5 Å². The lowest BCUT2D eigenvalue weighted by atomic mass is 10.2. The van der Waals surface area contributed by atoms with E-state index in [1.54, 1.807) is 0 Å². The van der Waals surface area contributed by atoms with Gasteiger partial charge in [-0.15, -0.1) is 0 Å². The van der Waals surface area contributed by atoms with Crippen molar-refractivity contribution in [3.63, 3.8) is 0 Å². The van der Waals surface area contributed by atoms with Gasteiger partial charge in [0.05, 0.1) is 0 Å². The minimum absolute atomic E-state index is 0.249. The summed E-state index contributed by atoms with van der Waals surface area (Å²) in [5.74, 6) is -2.08. The molecule has 0 aliphatic rings. The minimum atomic E-state index is -3.93. The molecular weight excluding hydrogens is 297 g/mol. The van der Waals surface area contributed by atoms with Gasteiger partial charge in [-0.05, 0) is 36.6 Å². The molecule has 0 unspecified atom stereocenters. The molecule has 0 saturated carbocycles. The smallest absolute Gasteiger partial charge is 0.328 e. The zero-order valence-electron chi connectivity index (χ0n) is 11.8. The van der Waals surface area contributed by atoms with E-state index in [2.05, 4.69) is 4.72 Å². The maximum atomic E-state index is 13.9. The van der Waals surface area contributed by atoms with Gasteiger partial charge >= 0.3 is 5.97 Å². The Kier molecular flexibility index (Phi) is 6.04. The number of hydrogen-bond donors (Lipinski definition) is 2. The van der Waals surface area contributed by atoms with Crippen molar-refractivity contribution in [2.45, 2.75) is 37.6 Å². The van der Waals surface area contributed by atoms with E-state index in [1.165, 1.54) is 12.1 Å². The first-order valence-electron chi connectivity index (χ1n) is 6.53. The van der Waals surface area contributed by atoms with Crippen LogP contribution in [0.15, 0.2) is 29.2 Å². The summed E-state index contributed by atoms with van der Waals surface area (Å²) < 4.78 is 40.6. The topological polar surface area (TPSA) is 83.5 Å². The minimum Gasteiger partial charge on any atom is -0.478 e. The van der Waals surface area contributed by atoms with Gasteiger partial charge in [0.15, 0.2) is 0 Å². The third-order valence-corrected chi connectivity index (χ3v) is 4.52. The summed E-state index contributed by atoms with van der Waals surface area (Å²) in [5, 5.41) is 8.49. The van der Waals surface area contributed by atoms with E-state index in [9.17, 15) is 17.6 Å². The van der Waals surface area contributed by atoms with Gasteiger partial charge in [0, 0.05) is 12.1 Å². The number of aliphatic carboxylic acids is 1. The summed E-state index contributed by atoms with van der Waals surface area (Å²) >= 11 is 0. The number of carboxylic acid groups (broad SMARTS) is 1. The maximum Gasteiger partial charge on any atom is 0.328 e. The number of hydrogen-bond acceptors (Lipinski definition) is 3. The molecule has 1 aromatic carbocycles. The number of carboxylic acids is 1. The summed E-state index contributed by atoms with van der Waals surface area (Å²) in [6.07, 6.45) is 3.26. The highest BCUT2D eigenvalue weighted by atomic mass is 32.2. The Morgan fingerprint density at radius 2 is 2.00 bits per heavy atom. The van der Waals surface area contributed by atoms with Gasteiger partial charge in [-0.1, -0.05) is 19.9 Å².